The highest BCUT2D eigenvalue weighted by Crippen LogP contribution is 2.33. The van der Waals surface area contributed by atoms with E-state index in [0.717, 1.165) is 40.9 Å². The second-order valence-corrected chi connectivity index (χ2v) is 6.79. The molecule has 0 aliphatic heterocycles. The summed E-state index contributed by atoms with van der Waals surface area (Å²) in [6.45, 7) is 0.420. The molecule has 0 bridgehead atoms. The SMILES string of the molecule is COc1cccc(CNC(=O)COc2ccc3oc4c(c3c2)CCCC4)c1. The number of ether oxygens (including phenoxy) is 2. The number of aryl methyl sites for hydroxylation is 2. The maximum atomic E-state index is 12.1. The van der Waals surface area contributed by atoms with Gasteiger partial charge in [-0.15, -0.1) is 0 Å². The third-order valence-electron chi connectivity index (χ3n) is 4.92. The first kappa shape index (κ1) is 17.5. The fourth-order valence-electron chi connectivity index (χ4n) is 3.51. The van der Waals surface area contributed by atoms with Crippen molar-refractivity contribution >= 4 is 16.9 Å². The van der Waals surface area contributed by atoms with Crippen molar-refractivity contribution in [2.75, 3.05) is 13.7 Å². The molecule has 0 spiro atoms. The minimum Gasteiger partial charge on any atom is -0.497 e. The van der Waals surface area contributed by atoms with Crippen LogP contribution < -0.4 is 14.8 Å². The van der Waals surface area contributed by atoms with Crippen LogP contribution in [-0.4, -0.2) is 19.6 Å². The zero-order chi connectivity index (χ0) is 18.6. The van der Waals surface area contributed by atoms with Crippen LogP contribution in [-0.2, 0) is 24.2 Å². The summed E-state index contributed by atoms with van der Waals surface area (Å²) in [5.74, 6) is 2.40. The Hall–Kier alpha value is -2.95. The number of benzene rings is 2. The lowest BCUT2D eigenvalue weighted by molar-refractivity contribution is -0.123. The van der Waals surface area contributed by atoms with Crippen molar-refractivity contribution < 1.29 is 18.7 Å². The maximum Gasteiger partial charge on any atom is 0.258 e. The smallest absolute Gasteiger partial charge is 0.258 e. The van der Waals surface area contributed by atoms with Crippen molar-refractivity contribution in [1.29, 1.82) is 0 Å². The molecule has 5 nitrogen and oxygen atoms in total. The van der Waals surface area contributed by atoms with Crippen LogP contribution in [0.3, 0.4) is 0 Å². The molecule has 1 aliphatic rings. The van der Waals surface area contributed by atoms with Crippen LogP contribution in [0.4, 0.5) is 0 Å². The average molecular weight is 365 g/mol. The van der Waals surface area contributed by atoms with Gasteiger partial charge in [0.05, 0.1) is 7.11 Å². The average Bonchev–Trinajstić information content (AvgIpc) is 3.09. The topological polar surface area (TPSA) is 60.7 Å². The number of furan rings is 1. The Balaban J connectivity index is 1.35. The number of methoxy groups -OCH3 is 1. The highest BCUT2D eigenvalue weighted by Gasteiger charge is 2.18. The molecule has 1 aliphatic carbocycles. The molecule has 0 saturated heterocycles. The number of rotatable bonds is 6. The van der Waals surface area contributed by atoms with E-state index in [9.17, 15) is 4.79 Å². The molecule has 0 atom stereocenters. The van der Waals surface area contributed by atoms with Crippen LogP contribution in [0.25, 0.3) is 11.0 Å². The van der Waals surface area contributed by atoms with Crippen molar-refractivity contribution in [2.24, 2.45) is 0 Å². The van der Waals surface area contributed by atoms with Crippen LogP contribution >= 0.6 is 0 Å². The summed E-state index contributed by atoms with van der Waals surface area (Å²) in [6, 6.07) is 13.4. The van der Waals surface area contributed by atoms with Crippen molar-refractivity contribution in [2.45, 2.75) is 32.2 Å². The molecule has 0 saturated carbocycles. The largest absolute Gasteiger partial charge is 0.497 e. The van der Waals surface area contributed by atoms with Crippen molar-refractivity contribution in [3.8, 4) is 11.5 Å². The molecule has 2 aromatic carbocycles. The number of hydrogen-bond acceptors (Lipinski definition) is 4. The van der Waals surface area contributed by atoms with E-state index in [1.54, 1.807) is 7.11 Å². The normalized spacial score (nSPS) is 13.2. The summed E-state index contributed by atoms with van der Waals surface area (Å²) in [7, 11) is 1.62. The van der Waals surface area contributed by atoms with E-state index >= 15 is 0 Å². The Kier molecular flexibility index (Phi) is 5.01. The van der Waals surface area contributed by atoms with Gasteiger partial charge in [-0.2, -0.15) is 0 Å². The lowest BCUT2D eigenvalue weighted by Crippen LogP contribution is -2.28. The van der Waals surface area contributed by atoms with Gasteiger partial charge in [-0.1, -0.05) is 12.1 Å². The number of fused-ring (bicyclic) bond motifs is 3. The number of carbonyl (C=O) groups is 1. The van der Waals surface area contributed by atoms with Gasteiger partial charge in [0.25, 0.3) is 5.91 Å². The summed E-state index contributed by atoms with van der Waals surface area (Å²) in [5, 5.41) is 3.97. The minimum atomic E-state index is -0.160. The van der Waals surface area contributed by atoms with Gasteiger partial charge in [0.1, 0.15) is 22.8 Å². The van der Waals surface area contributed by atoms with Gasteiger partial charge in [0, 0.05) is 23.9 Å². The molecule has 1 heterocycles. The second kappa shape index (κ2) is 7.74. The van der Waals surface area contributed by atoms with Gasteiger partial charge in [-0.3, -0.25) is 4.79 Å². The van der Waals surface area contributed by atoms with Gasteiger partial charge in [-0.05, 0) is 55.2 Å². The van der Waals surface area contributed by atoms with Gasteiger partial charge < -0.3 is 19.2 Å². The predicted octanol–water partition coefficient (Wildman–Crippen LogP) is 4.02. The molecule has 27 heavy (non-hydrogen) atoms. The van der Waals surface area contributed by atoms with E-state index in [-0.39, 0.29) is 12.5 Å². The third kappa shape index (κ3) is 3.92. The van der Waals surface area contributed by atoms with Crippen molar-refractivity contribution in [3.63, 3.8) is 0 Å². The Morgan fingerprint density at radius 2 is 2.00 bits per heavy atom. The zero-order valence-corrected chi connectivity index (χ0v) is 15.4. The van der Waals surface area contributed by atoms with Crippen LogP contribution in [0.1, 0.15) is 29.7 Å². The summed E-state index contributed by atoms with van der Waals surface area (Å²) in [5.41, 5.74) is 3.18. The maximum absolute atomic E-state index is 12.1. The molecule has 0 radical (unpaired) electrons. The molecule has 4 rings (SSSR count). The van der Waals surface area contributed by atoms with Crippen LogP contribution in [0, 0.1) is 0 Å². The van der Waals surface area contributed by atoms with E-state index in [1.807, 2.05) is 42.5 Å². The van der Waals surface area contributed by atoms with E-state index in [0.29, 0.717) is 12.3 Å². The molecule has 3 aromatic rings. The number of hydrogen-bond donors (Lipinski definition) is 1. The van der Waals surface area contributed by atoms with Crippen LogP contribution in [0.15, 0.2) is 46.9 Å². The molecule has 140 valence electrons. The van der Waals surface area contributed by atoms with E-state index in [4.69, 9.17) is 13.9 Å². The minimum absolute atomic E-state index is 0.0183. The van der Waals surface area contributed by atoms with Gasteiger partial charge in [0.15, 0.2) is 6.61 Å². The zero-order valence-electron chi connectivity index (χ0n) is 15.4. The number of nitrogens with one attached hydrogen (secondary N) is 1. The van der Waals surface area contributed by atoms with Gasteiger partial charge >= 0.3 is 0 Å². The molecule has 1 aromatic heterocycles. The Morgan fingerprint density at radius 1 is 1.11 bits per heavy atom. The molecular weight excluding hydrogens is 342 g/mol. The lowest BCUT2D eigenvalue weighted by atomic mass is 9.96. The Bertz CT molecular complexity index is 960. The molecule has 5 heteroatoms. The fraction of sp³-hybridized carbons (Fsp3) is 0.318. The monoisotopic (exact) mass is 365 g/mol. The first-order chi connectivity index (χ1) is 13.2. The lowest BCUT2D eigenvalue weighted by Gasteiger charge is -2.10. The Labute approximate surface area is 158 Å². The fourth-order valence-corrected chi connectivity index (χ4v) is 3.51. The second-order valence-electron chi connectivity index (χ2n) is 6.79. The summed E-state index contributed by atoms with van der Waals surface area (Å²) < 4.78 is 16.8. The van der Waals surface area contributed by atoms with Gasteiger partial charge in [-0.25, -0.2) is 0 Å². The van der Waals surface area contributed by atoms with Crippen molar-refractivity contribution in [3.05, 3.63) is 59.4 Å². The van der Waals surface area contributed by atoms with E-state index in [2.05, 4.69) is 5.32 Å². The Morgan fingerprint density at radius 3 is 2.89 bits per heavy atom. The summed E-state index contributed by atoms with van der Waals surface area (Å²) in [6.07, 6.45) is 4.43. The summed E-state index contributed by atoms with van der Waals surface area (Å²) in [4.78, 5) is 12.1. The first-order valence-corrected chi connectivity index (χ1v) is 9.29. The summed E-state index contributed by atoms with van der Waals surface area (Å²) >= 11 is 0. The molecule has 0 fully saturated rings. The predicted molar refractivity (Wildman–Crippen MR) is 103 cm³/mol. The molecule has 1 N–H and O–H groups in total. The van der Waals surface area contributed by atoms with Gasteiger partial charge in [0.2, 0.25) is 0 Å². The molecular formula is C22H23NO4. The number of amides is 1. The quantitative estimate of drug-likeness (QED) is 0.717. The number of carbonyl (C=O) groups excluding carboxylic acids is 1. The third-order valence-corrected chi connectivity index (χ3v) is 4.92. The van der Waals surface area contributed by atoms with E-state index < -0.39 is 0 Å². The van der Waals surface area contributed by atoms with Crippen LogP contribution in [0.2, 0.25) is 0 Å². The highest BCUT2D eigenvalue weighted by molar-refractivity contribution is 5.84. The van der Waals surface area contributed by atoms with Crippen molar-refractivity contribution in [1.82, 2.24) is 5.32 Å². The molecule has 1 amide bonds. The first-order valence-electron chi connectivity index (χ1n) is 9.29. The van der Waals surface area contributed by atoms with E-state index in [1.165, 1.54) is 18.4 Å². The molecule has 0 unspecified atom stereocenters. The highest BCUT2D eigenvalue weighted by atomic mass is 16.5. The van der Waals surface area contributed by atoms with Crippen LogP contribution in [0.5, 0.6) is 11.5 Å². The standard InChI is InChI=1S/C22H23NO4/c1-25-16-6-4-5-15(11-16)13-23-22(24)14-26-17-9-10-21-19(12-17)18-7-2-3-8-20(18)27-21/h4-6,9-12H,2-3,7-8,13-14H2,1H3,(H,23,24).